The van der Waals surface area contributed by atoms with Crippen LogP contribution in [0.3, 0.4) is 0 Å². The molecule has 0 aliphatic carbocycles. The second kappa shape index (κ2) is 7.42. The number of amides is 1. The molecule has 2 heterocycles. The van der Waals surface area contributed by atoms with Crippen molar-refractivity contribution in [2.75, 3.05) is 19.0 Å². The molecule has 1 fully saturated rings. The smallest absolute Gasteiger partial charge is 0.411 e. The number of likely N-dealkylation sites (tertiary alicyclic amines) is 1. The van der Waals surface area contributed by atoms with E-state index >= 15 is 0 Å². The van der Waals surface area contributed by atoms with Crippen molar-refractivity contribution in [1.29, 1.82) is 0 Å². The molecule has 144 valence electrons. The van der Waals surface area contributed by atoms with E-state index in [4.69, 9.17) is 9.47 Å². The first-order chi connectivity index (χ1) is 12.8. The number of pyridine rings is 1. The summed E-state index contributed by atoms with van der Waals surface area (Å²) in [6.45, 7) is 5.76. The molecule has 3 rings (SSSR count). The number of rotatable bonds is 3. The quantitative estimate of drug-likeness (QED) is 0.835. The Morgan fingerprint density at radius 2 is 2.00 bits per heavy atom. The summed E-state index contributed by atoms with van der Waals surface area (Å²) in [6, 6.07) is 7.18. The van der Waals surface area contributed by atoms with E-state index in [9.17, 15) is 9.59 Å². The van der Waals surface area contributed by atoms with Crippen LogP contribution in [0, 0.1) is 0 Å². The Balaban J connectivity index is 1.76. The van der Waals surface area contributed by atoms with Gasteiger partial charge in [0.25, 0.3) is 0 Å². The fraction of sp³-hybridized carbons (Fsp3) is 0.450. The van der Waals surface area contributed by atoms with E-state index in [1.807, 2.05) is 30.5 Å². The van der Waals surface area contributed by atoms with Crippen LogP contribution in [0.15, 0.2) is 36.7 Å². The van der Waals surface area contributed by atoms with E-state index in [1.165, 1.54) is 12.0 Å². The number of benzene rings is 1. The van der Waals surface area contributed by atoms with Gasteiger partial charge in [-0.15, -0.1) is 0 Å². The Morgan fingerprint density at radius 1 is 1.22 bits per heavy atom. The number of fused-ring (bicyclic) bond motifs is 1. The third-order valence-corrected chi connectivity index (χ3v) is 4.41. The Hall–Kier alpha value is -2.83. The van der Waals surface area contributed by atoms with Gasteiger partial charge in [0.2, 0.25) is 0 Å². The van der Waals surface area contributed by atoms with Gasteiger partial charge in [-0.2, -0.15) is 0 Å². The summed E-state index contributed by atoms with van der Waals surface area (Å²) in [5, 5.41) is 5.54. The normalized spacial score (nSPS) is 19.8. The average molecular weight is 371 g/mol. The topological polar surface area (TPSA) is 80.8 Å². The minimum Gasteiger partial charge on any atom is -0.467 e. The van der Waals surface area contributed by atoms with Crippen molar-refractivity contribution in [2.45, 2.75) is 44.9 Å². The maximum atomic E-state index is 12.5. The number of hydrogen-bond acceptors (Lipinski definition) is 6. The van der Waals surface area contributed by atoms with Gasteiger partial charge in [-0.3, -0.25) is 9.88 Å². The maximum Gasteiger partial charge on any atom is 0.411 e. The monoisotopic (exact) mass is 371 g/mol. The van der Waals surface area contributed by atoms with Gasteiger partial charge in [0, 0.05) is 42.5 Å². The SMILES string of the molecule is COC(=O)C1CC(Nc2ccc3cnccc3c2)CN1C(=O)OC(C)(C)C. The second-order valence-corrected chi connectivity index (χ2v) is 7.69. The van der Waals surface area contributed by atoms with Crippen LogP contribution in [0.2, 0.25) is 0 Å². The lowest BCUT2D eigenvalue weighted by Crippen LogP contribution is -2.44. The zero-order valence-corrected chi connectivity index (χ0v) is 16.1. The molecule has 2 unspecified atom stereocenters. The third kappa shape index (κ3) is 4.48. The standard InChI is InChI=1S/C20H25N3O4/c1-20(2,3)27-19(25)23-12-16(10-17(23)18(24)26-4)22-15-6-5-14-11-21-8-7-13(14)9-15/h5-9,11,16-17,22H,10,12H2,1-4H3. The van der Waals surface area contributed by atoms with Gasteiger partial charge in [0.15, 0.2) is 0 Å². The minimum absolute atomic E-state index is 0.0825. The molecule has 0 radical (unpaired) electrons. The van der Waals surface area contributed by atoms with E-state index < -0.39 is 23.7 Å². The van der Waals surface area contributed by atoms with E-state index in [0.717, 1.165) is 16.5 Å². The number of methoxy groups -OCH3 is 1. The van der Waals surface area contributed by atoms with Gasteiger partial charge < -0.3 is 14.8 Å². The maximum absolute atomic E-state index is 12.5. The highest BCUT2D eigenvalue weighted by Crippen LogP contribution is 2.26. The lowest BCUT2D eigenvalue weighted by Gasteiger charge is -2.27. The van der Waals surface area contributed by atoms with Crippen LogP contribution in [0.25, 0.3) is 10.8 Å². The van der Waals surface area contributed by atoms with Crippen molar-refractivity contribution in [1.82, 2.24) is 9.88 Å². The molecule has 1 aromatic heterocycles. The fourth-order valence-electron chi connectivity index (χ4n) is 3.23. The van der Waals surface area contributed by atoms with Crippen LogP contribution in [0.4, 0.5) is 10.5 Å². The molecule has 27 heavy (non-hydrogen) atoms. The lowest BCUT2D eigenvalue weighted by atomic mass is 10.1. The first-order valence-electron chi connectivity index (χ1n) is 8.94. The van der Waals surface area contributed by atoms with Crippen LogP contribution in [-0.2, 0) is 14.3 Å². The number of nitrogens with zero attached hydrogens (tertiary/aromatic N) is 2. The largest absolute Gasteiger partial charge is 0.467 e. The molecule has 1 aliphatic heterocycles. The summed E-state index contributed by atoms with van der Waals surface area (Å²) in [7, 11) is 1.33. The zero-order valence-electron chi connectivity index (χ0n) is 16.1. The Bertz CT molecular complexity index is 846. The molecular formula is C20H25N3O4. The van der Waals surface area contributed by atoms with Gasteiger partial charge >= 0.3 is 12.1 Å². The number of nitrogens with one attached hydrogen (secondary N) is 1. The molecule has 0 spiro atoms. The van der Waals surface area contributed by atoms with Crippen molar-refractivity contribution in [3.8, 4) is 0 Å². The summed E-state index contributed by atoms with van der Waals surface area (Å²) < 4.78 is 10.3. The molecule has 0 bridgehead atoms. The molecule has 1 saturated heterocycles. The highest BCUT2D eigenvalue weighted by Gasteiger charge is 2.42. The lowest BCUT2D eigenvalue weighted by molar-refractivity contribution is -0.145. The predicted octanol–water partition coefficient (Wildman–Crippen LogP) is 3.20. The van der Waals surface area contributed by atoms with Crippen LogP contribution in [0.5, 0.6) is 0 Å². The molecule has 1 amide bonds. The summed E-state index contributed by atoms with van der Waals surface area (Å²) in [6.07, 6.45) is 3.51. The Morgan fingerprint density at radius 3 is 2.70 bits per heavy atom. The molecule has 2 atom stereocenters. The number of ether oxygens (including phenoxy) is 2. The average Bonchev–Trinajstić information content (AvgIpc) is 3.03. The minimum atomic E-state index is -0.660. The van der Waals surface area contributed by atoms with Crippen LogP contribution >= 0.6 is 0 Å². The van der Waals surface area contributed by atoms with Crippen molar-refractivity contribution in [3.63, 3.8) is 0 Å². The number of carbonyl (C=O) groups excluding carboxylic acids is 2. The molecular weight excluding hydrogens is 346 g/mol. The molecule has 2 aromatic rings. The fourth-order valence-corrected chi connectivity index (χ4v) is 3.23. The molecule has 7 nitrogen and oxygen atoms in total. The molecule has 1 N–H and O–H groups in total. The van der Waals surface area contributed by atoms with Gasteiger partial charge in [-0.1, -0.05) is 6.07 Å². The summed E-state index contributed by atoms with van der Waals surface area (Å²) in [5.74, 6) is -0.435. The van der Waals surface area contributed by atoms with Gasteiger partial charge in [0.05, 0.1) is 7.11 Å². The third-order valence-electron chi connectivity index (χ3n) is 4.41. The van der Waals surface area contributed by atoms with E-state index in [2.05, 4.69) is 10.3 Å². The summed E-state index contributed by atoms with van der Waals surface area (Å²) >= 11 is 0. The van der Waals surface area contributed by atoms with Gasteiger partial charge in [-0.05, 0) is 44.4 Å². The molecule has 1 aromatic carbocycles. The number of esters is 1. The first kappa shape index (κ1) is 18.9. The molecule has 7 heteroatoms. The highest BCUT2D eigenvalue weighted by atomic mass is 16.6. The Kier molecular flexibility index (Phi) is 5.21. The highest BCUT2D eigenvalue weighted by molar-refractivity contribution is 5.85. The number of aromatic nitrogens is 1. The second-order valence-electron chi connectivity index (χ2n) is 7.69. The molecule has 1 aliphatic rings. The van der Waals surface area contributed by atoms with Crippen LogP contribution in [0.1, 0.15) is 27.2 Å². The van der Waals surface area contributed by atoms with Gasteiger partial charge in [0.1, 0.15) is 11.6 Å². The van der Waals surface area contributed by atoms with Crippen LogP contribution in [-0.4, -0.2) is 53.3 Å². The van der Waals surface area contributed by atoms with Crippen LogP contribution < -0.4 is 5.32 Å². The van der Waals surface area contributed by atoms with Crippen molar-refractivity contribution in [3.05, 3.63) is 36.7 Å². The van der Waals surface area contributed by atoms with E-state index in [-0.39, 0.29) is 6.04 Å². The van der Waals surface area contributed by atoms with Gasteiger partial charge in [-0.25, -0.2) is 9.59 Å². The number of carbonyl (C=O) groups is 2. The Labute approximate surface area is 158 Å². The predicted molar refractivity (Wildman–Crippen MR) is 103 cm³/mol. The molecule has 0 saturated carbocycles. The van der Waals surface area contributed by atoms with Crippen molar-refractivity contribution >= 4 is 28.5 Å². The first-order valence-corrected chi connectivity index (χ1v) is 8.94. The summed E-state index contributed by atoms with van der Waals surface area (Å²) in [4.78, 5) is 30.2. The van der Waals surface area contributed by atoms with Crippen molar-refractivity contribution in [2.24, 2.45) is 0 Å². The number of anilines is 1. The summed E-state index contributed by atoms with van der Waals surface area (Å²) in [5.41, 5.74) is 0.295. The van der Waals surface area contributed by atoms with E-state index in [0.29, 0.717) is 13.0 Å². The number of hydrogen-bond donors (Lipinski definition) is 1. The van der Waals surface area contributed by atoms with Crippen molar-refractivity contribution < 1.29 is 19.1 Å². The van der Waals surface area contributed by atoms with E-state index in [1.54, 1.807) is 27.0 Å². The zero-order chi connectivity index (χ0) is 19.6.